The predicted molar refractivity (Wildman–Crippen MR) is 43.9 cm³/mol. The Labute approximate surface area is 61.8 Å². The lowest BCUT2D eigenvalue weighted by Crippen LogP contribution is -1.98. The second kappa shape index (κ2) is 6.43. The number of hydrogen-bond acceptors (Lipinski definition) is 2. The fourth-order valence-electron chi connectivity index (χ4n) is 0.686. The van der Waals surface area contributed by atoms with Gasteiger partial charge in [-0.05, 0) is 31.8 Å². The van der Waals surface area contributed by atoms with Crippen molar-refractivity contribution in [3.63, 3.8) is 0 Å². The second-order valence-electron chi connectivity index (χ2n) is 2.34. The lowest BCUT2D eigenvalue weighted by atomic mass is 10.2. The molecular weight excluding hydrogens is 132 g/mol. The minimum Gasteiger partial charge on any atom is -0.393 e. The number of unbranched alkanes of at least 4 members (excludes halogenated alkanes) is 1. The van der Waals surface area contributed by atoms with E-state index in [1.165, 1.54) is 18.6 Å². The van der Waals surface area contributed by atoms with Crippen LogP contribution in [0.5, 0.6) is 0 Å². The predicted octanol–water partition coefficient (Wildman–Crippen LogP) is 1.90. The van der Waals surface area contributed by atoms with Crippen LogP contribution in [-0.2, 0) is 0 Å². The van der Waals surface area contributed by atoms with Crippen LogP contribution in [0.25, 0.3) is 0 Å². The van der Waals surface area contributed by atoms with E-state index in [4.69, 9.17) is 5.11 Å². The Kier molecular flexibility index (Phi) is 6.65. The molecule has 0 bridgehead atoms. The van der Waals surface area contributed by atoms with E-state index in [1.807, 2.05) is 18.7 Å². The molecular formula is C7H16OS. The highest BCUT2D eigenvalue weighted by molar-refractivity contribution is 7.98. The van der Waals surface area contributed by atoms with Crippen LogP contribution >= 0.6 is 11.8 Å². The largest absolute Gasteiger partial charge is 0.393 e. The number of rotatable bonds is 5. The lowest BCUT2D eigenvalue weighted by molar-refractivity contribution is 0.181. The van der Waals surface area contributed by atoms with Crippen molar-refractivity contribution in [1.29, 1.82) is 0 Å². The fourth-order valence-corrected chi connectivity index (χ4v) is 1.18. The Hall–Kier alpha value is 0.310. The first kappa shape index (κ1) is 9.31. The second-order valence-corrected chi connectivity index (χ2v) is 3.32. The van der Waals surface area contributed by atoms with Crippen molar-refractivity contribution in [1.82, 2.24) is 0 Å². The summed E-state index contributed by atoms with van der Waals surface area (Å²) in [4.78, 5) is 0. The van der Waals surface area contributed by atoms with Gasteiger partial charge in [0.25, 0.3) is 0 Å². The first-order valence-corrected chi connectivity index (χ1v) is 4.83. The summed E-state index contributed by atoms with van der Waals surface area (Å²) in [5, 5.41) is 8.84. The van der Waals surface area contributed by atoms with Crippen molar-refractivity contribution >= 4 is 11.8 Å². The van der Waals surface area contributed by atoms with E-state index < -0.39 is 0 Å². The highest BCUT2D eigenvalue weighted by Gasteiger charge is 1.93. The Bertz CT molecular complexity index is 54.9. The van der Waals surface area contributed by atoms with Crippen LogP contribution in [0.3, 0.4) is 0 Å². The zero-order valence-corrected chi connectivity index (χ0v) is 7.08. The van der Waals surface area contributed by atoms with Gasteiger partial charge in [-0.2, -0.15) is 11.8 Å². The topological polar surface area (TPSA) is 20.2 Å². The zero-order valence-electron chi connectivity index (χ0n) is 6.26. The van der Waals surface area contributed by atoms with Gasteiger partial charge >= 0.3 is 0 Å². The van der Waals surface area contributed by atoms with Gasteiger partial charge < -0.3 is 5.11 Å². The molecule has 0 aliphatic heterocycles. The normalized spacial score (nSPS) is 13.7. The standard InChI is InChI=1S/C7H16OS/c1-7(8)5-3-4-6-9-2/h7-8H,3-6H2,1-2H3/t7-/m1/s1. The Morgan fingerprint density at radius 1 is 1.44 bits per heavy atom. The van der Waals surface area contributed by atoms with Gasteiger partial charge in [-0.25, -0.2) is 0 Å². The van der Waals surface area contributed by atoms with E-state index in [1.54, 1.807) is 0 Å². The van der Waals surface area contributed by atoms with Crippen LogP contribution in [0.4, 0.5) is 0 Å². The van der Waals surface area contributed by atoms with Crippen molar-refractivity contribution in [2.45, 2.75) is 32.3 Å². The molecule has 56 valence electrons. The Morgan fingerprint density at radius 2 is 2.11 bits per heavy atom. The van der Waals surface area contributed by atoms with Crippen LogP contribution in [0.15, 0.2) is 0 Å². The molecule has 1 nitrogen and oxygen atoms in total. The van der Waals surface area contributed by atoms with Gasteiger partial charge in [0.15, 0.2) is 0 Å². The molecule has 0 aliphatic rings. The molecule has 0 saturated heterocycles. The summed E-state index contributed by atoms with van der Waals surface area (Å²) in [6.45, 7) is 1.85. The third-order valence-electron chi connectivity index (χ3n) is 1.22. The molecule has 2 heteroatoms. The first-order valence-electron chi connectivity index (χ1n) is 3.44. The van der Waals surface area contributed by atoms with Crippen LogP contribution in [0.1, 0.15) is 26.2 Å². The third-order valence-corrected chi connectivity index (χ3v) is 1.92. The molecule has 0 fully saturated rings. The Morgan fingerprint density at radius 3 is 2.56 bits per heavy atom. The van der Waals surface area contributed by atoms with Gasteiger partial charge in [0.1, 0.15) is 0 Å². The van der Waals surface area contributed by atoms with Gasteiger partial charge in [0, 0.05) is 0 Å². The van der Waals surface area contributed by atoms with Gasteiger partial charge in [-0.1, -0.05) is 6.42 Å². The molecule has 0 aromatic heterocycles. The summed E-state index contributed by atoms with van der Waals surface area (Å²) in [6.07, 6.45) is 5.37. The van der Waals surface area contributed by atoms with E-state index in [0.717, 1.165) is 6.42 Å². The van der Waals surface area contributed by atoms with Crippen LogP contribution in [0.2, 0.25) is 0 Å². The molecule has 1 N–H and O–H groups in total. The average Bonchev–Trinajstić information content (AvgIpc) is 1.80. The van der Waals surface area contributed by atoms with E-state index in [-0.39, 0.29) is 6.10 Å². The van der Waals surface area contributed by atoms with Gasteiger partial charge in [-0.15, -0.1) is 0 Å². The van der Waals surface area contributed by atoms with Crippen LogP contribution in [-0.4, -0.2) is 23.2 Å². The monoisotopic (exact) mass is 148 g/mol. The zero-order chi connectivity index (χ0) is 7.11. The number of aliphatic hydroxyl groups is 1. The van der Waals surface area contributed by atoms with Gasteiger partial charge in [0.05, 0.1) is 6.10 Å². The van der Waals surface area contributed by atoms with Crippen LogP contribution < -0.4 is 0 Å². The summed E-state index contributed by atoms with van der Waals surface area (Å²) >= 11 is 1.87. The van der Waals surface area contributed by atoms with E-state index in [9.17, 15) is 0 Å². The molecule has 0 unspecified atom stereocenters. The number of aliphatic hydroxyl groups excluding tert-OH is 1. The molecule has 0 radical (unpaired) electrons. The lowest BCUT2D eigenvalue weighted by Gasteiger charge is -2.01. The average molecular weight is 148 g/mol. The van der Waals surface area contributed by atoms with E-state index in [2.05, 4.69) is 6.26 Å². The number of thioether (sulfide) groups is 1. The number of hydrogen-bond donors (Lipinski definition) is 1. The minimum absolute atomic E-state index is 0.105. The highest BCUT2D eigenvalue weighted by Crippen LogP contribution is 2.03. The maximum Gasteiger partial charge on any atom is 0.0512 e. The summed E-state index contributed by atoms with van der Waals surface area (Å²) in [5.74, 6) is 1.23. The molecule has 0 spiro atoms. The first-order chi connectivity index (χ1) is 4.27. The maximum absolute atomic E-state index is 8.84. The van der Waals surface area contributed by atoms with Crippen molar-refractivity contribution in [2.75, 3.05) is 12.0 Å². The highest BCUT2D eigenvalue weighted by atomic mass is 32.2. The minimum atomic E-state index is -0.105. The summed E-state index contributed by atoms with van der Waals surface area (Å²) in [6, 6.07) is 0. The quantitative estimate of drug-likeness (QED) is 0.601. The van der Waals surface area contributed by atoms with Crippen molar-refractivity contribution in [3.05, 3.63) is 0 Å². The van der Waals surface area contributed by atoms with Gasteiger partial charge in [0.2, 0.25) is 0 Å². The Balaban J connectivity index is 2.75. The fraction of sp³-hybridized carbons (Fsp3) is 1.00. The summed E-state index contributed by atoms with van der Waals surface area (Å²) < 4.78 is 0. The van der Waals surface area contributed by atoms with Gasteiger partial charge in [-0.3, -0.25) is 0 Å². The molecule has 0 amide bonds. The molecule has 0 rings (SSSR count). The molecule has 0 heterocycles. The van der Waals surface area contributed by atoms with Crippen LogP contribution in [0, 0.1) is 0 Å². The SMILES string of the molecule is CSCCCC[C@@H](C)O. The molecule has 0 saturated carbocycles. The smallest absolute Gasteiger partial charge is 0.0512 e. The maximum atomic E-state index is 8.84. The third kappa shape index (κ3) is 8.31. The molecule has 9 heavy (non-hydrogen) atoms. The molecule has 0 aromatic carbocycles. The summed E-state index contributed by atoms with van der Waals surface area (Å²) in [5.41, 5.74) is 0. The van der Waals surface area contributed by atoms with E-state index >= 15 is 0 Å². The summed E-state index contributed by atoms with van der Waals surface area (Å²) in [7, 11) is 0. The molecule has 1 atom stereocenters. The van der Waals surface area contributed by atoms with E-state index in [0.29, 0.717) is 0 Å². The van der Waals surface area contributed by atoms with Crippen molar-refractivity contribution in [3.8, 4) is 0 Å². The molecule has 0 aliphatic carbocycles. The molecule has 0 aromatic rings. The van der Waals surface area contributed by atoms with Crippen molar-refractivity contribution in [2.24, 2.45) is 0 Å². The van der Waals surface area contributed by atoms with Crippen molar-refractivity contribution < 1.29 is 5.11 Å².